The van der Waals surface area contributed by atoms with E-state index in [1.54, 1.807) is 46.2 Å². The molecule has 7 heteroatoms. The predicted molar refractivity (Wildman–Crippen MR) is 130 cm³/mol. The molecule has 1 aliphatic rings. The molecule has 1 aromatic heterocycles. The minimum absolute atomic E-state index is 0.0296. The topological polar surface area (TPSA) is 62.6 Å². The van der Waals surface area contributed by atoms with Gasteiger partial charge in [0.1, 0.15) is 6.54 Å². The first kappa shape index (κ1) is 21.2. The third-order valence-corrected chi connectivity index (χ3v) is 6.40. The van der Waals surface area contributed by atoms with E-state index in [2.05, 4.69) is 0 Å². The van der Waals surface area contributed by atoms with Crippen LogP contribution in [0.3, 0.4) is 0 Å². The average Bonchev–Trinajstić information content (AvgIpc) is 2.86. The maximum atomic E-state index is 13.2. The molecule has 0 aliphatic carbocycles. The number of rotatable bonds is 3. The third-order valence-electron chi connectivity index (χ3n) is 6.16. The second-order valence-corrected chi connectivity index (χ2v) is 8.57. The zero-order chi connectivity index (χ0) is 22.9. The summed E-state index contributed by atoms with van der Waals surface area (Å²) < 4.78 is 1.91. The first-order valence-electron chi connectivity index (χ1n) is 10.9. The molecule has 3 aromatic carbocycles. The molecule has 1 fully saturated rings. The Bertz CT molecular complexity index is 1380. The van der Waals surface area contributed by atoms with Crippen molar-refractivity contribution < 1.29 is 9.59 Å². The Labute approximate surface area is 195 Å². The van der Waals surface area contributed by atoms with Gasteiger partial charge >= 0.3 is 0 Å². The Morgan fingerprint density at radius 2 is 1.33 bits per heavy atom. The summed E-state index contributed by atoms with van der Waals surface area (Å²) in [4.78, 5) is 42.5. The monoisotopic (exact) mass is 459 g/mol. The number of hydrogen-bond donors (Lipinski definition) is 0. The molecule has 0 bridgehead atoms. The van der Waals surface area contributed by atoms with Crippen molar-refractivity contribution in [3.8, 4) is 0 Å². The zero-order valence-electron chi connectivity index (χ0n) is 17.9. The largest absolute Gasteiger partial charge is 0.338 e. The summed E-state index contributed by atoms with van der Waals surface area (Å²) in [7, 11) is 0. The summed E-state index contributed by atoms with van der Waals surface area (Å²) in [5, 5.41) is 1.72. The van der Waals surface area contributed by atoms with E-state index in [4.69, 9.17) is 11.6 Å². The van der Waals surface area contributed by atoms with Crippen LogP contribution in [0.2, 0.25) is 5.02 Å². The highest BCUT2D eigenvalue weighted by Gasteiger charge is 2.25. The van der Waals surface area contributed by atoms with Gasteiger partial charge in [0, 0.05) is 47.5 Å². The van der Waals surface area contributed by atoms with Gasteiger partial charge in [0.15, 0.2) is 5.43 Å². The van der Waals surface area contributed by atoms with Crippen LogP contribution in [0.15, 0.2) is 77.6 Å². The van der Waals surface area contributed by atoms with E-state index >= 15 is 0 Å². The van der Waals surface area contributed by atoms with Crippen LogP contribution in [0.1, 0.15) is 10.4 Å². The van der Waals surface area contributed by atoms with Crippen LogP contribution >= 0.6 is 11.6 Å². The molecule has 1 saturated heterocycles. The summed E-state index contributed by atoms with van der Waals surface area (Å²) in [6.07, 6.45) is 0. The predicted octanol–water partition coefficient (Wildman–Crippen LogP) is 3.79. The molecule has 166 valence electrons. The number of hydrogen-bond acceptors (Lipinski definition) is 3. The van der Waals surface area contributed by atoms with Crippen molar-refractivity contribution >= 4 is 45.2 Å². The summed E-state index contributed by atoms with van der Waals surface area (Å²) in [5.41, 5.74) is 2.00. The number of para-hydroxylation sites is 2. The maximum absolute atomic E-state index is 13.2. The van der Waals surface area contributed by atoms with Crippen LogP contribution in [-0.4, -0.2) is 52.4 Å². The molecule has 0 radical (unpaired) electrons. The van der Waals surface area contributed by atoms with Gasteiger partial charge in [-0.05, 0) is 42.5 Å². The zero-order valence-corrected chi connectivity index (χ0v) is 18.7. The molecule has 0 atom stereocenters. The molecule has 0 spiro atoms. The van der Waals surface area contributed by atoms with Crippen molar-refractivity contribution in [3.05, 3.63) is 93.6 Å². The number of aromatic nitrogens is 1. The lowest BCUT2D eigenvalue weighted by Crippen LogP contribution is -2.51. The molecule has 2 amide bonds. The van der Waals surface area contributed by atoms with Crippen LogP contribution < -0.4 is 5.43 Å². The minimum atomic E-state index is -0.0815. The summed E-state index contributed by atoms with van der Waals surface area (Å²) in [6, 6.07) is 21.7. The number of nitrogens with zero attached hydrogens (tertiary/aromatic N) is 3. The molecule has 33 heavy (non-hydrogen) atoms. The highest BCUT2D eigenvalue weighted by Crippen LogP contribution is 2.20. The number of amides is 2. The van der Waals surface area contributed by atoms with Crippen LogP contribution in [0.4, 0.5) is 0 Å². The molecule has 6 nitrogen and oxygen atoms in total. The standard InChI is InChI=1S/C26H22ClN3O3/c27-19-7-5-6-18(16-19)26(33)29-14-12-28(13-15-29)24(31)17-30-22-10-3-1-8-20(22)25(32)21-9-2-4-11-23(21)30/h1-11,16H,12-15,17H2. The van der Waals surface area contributed by atoms with Gasteiger partial charge in [-0.15, -0.1) is 0 Å². The molecule has 0 saturated carbocycles. The van der Waals surface area contributed by atoms with Gasteiger partial charge in [0.25, 0.3) is 5.91 Å². The molecule has 0 N–H and O–H groups in total. The van der Waals surface area contributed by atoms with Gasteiger partial charge in [0.2, 0.25) is 5.91 Å². The smallest absolute Gasteiger partial charge is 0.254 e. The van der Waals surface area contributed by atoms with E-state index in [9.17, 15) is 14.4 Å². The van der Waals surface area contributed by atoms with E-state index in [1.165, 1.54) is 0 Å². The Morgan fingerprint density at radius 1 is 0.758 bits per heavy atom. The minimum Gasteiger partial charge on any atom is -0.338 e. The van der Waals surface area contributed by atoms with Gasteiger partial charge in [-0.1, -0.05) is 41.9 Å². The number of benzene rings is 3. The molecule has 5 rings (SSSR count). The highest BCUT2D eigenvalue weighted by atomic mass is 35.5. The lowest BCUT2D eigenvalue weighted by atomic mass is 10.1. The lowest BCUT2D eigenvalue weighted by molar-refractivity contribution is -0.133. The van der Waals surface area contributed by atoms with Crippen LogP contribution in [0.25, 0.3) is 21.8 Å². The Balaban J connectivity index is 1.36. The molecule has 1 aliphatic heterocycles. The SMILES string of the molecule is O=C(Cn1c2ccccc2c(=O)c2ccccc21)N1CCN(C(=O)c2cccc(Cl)c2)CC1. The van der Waals surface area contributed by atoms with Crippen molar-refractivity contribution in [2.24, 2.45) is 0 Å². The first-order valence-corrected chi connectivity index (χ1v) is 11.2. The normalized spacial score (nSPS) is 14.1. The van der Waals surface area contributed by atoms with Gasteiger partial charge in [-0.2, -0.15) is 0 Å². The number of carbonyl (C=O) groups excluding carboxylic acids is 2. The van der Waals surface area contributed by atoms with Crippen LogP contribution in [-0.2, 0) is 11.3 Å². The first-order chi connectivity index (χ1) is 16.0. The van der Waals surface area contributed by atoms with Crippen molar-refractivity contribution in [1.29, 1.82) is 0 Å². The van der Waals surface area contributed by atoms with E-state index < -0.39 is 0 Å². The van der Waals surface area contributed by atoms with Gasteiger partial charge < -0.3 is 14.4 Å². The van der Waals surface area contributed by atoms with Crippen molar-refractivity contribution in [2.45, 2.75) is 6.54 Å². The van der Waals surface area contributed by atoms with E-state index in [-0.39, 0.29) is 23.8 Å². The quantitative estimate of drug-likeness (QED) is 0.438. The van der Waals surface area contributed by atoms with Gasteiger partial charge in [-0.25, -0.2) is 0 Å². The number of fused-ring (bicyclic) bond motifs is 2. The van der Waals surface area contributed by atoms with E-state index in [0.29, 0.717) is 47.5 Å². The Hall–Kier alpha value is -3.64. The lowest BCUT2D eigenvalue weighted by Gasteiger charge is -2.35. The maximum Gasteiger partial charge on any atom is 0.254 e. The van der Waals surface area contributed by atoms with Crippen molar-refractivity contribution in [3.63, 3.8) is 0 Å². The van der Waals surface area contributed by atoms with Crippen molar-refractivity contribution in [2.75, 3.05) is 26.2 Å². The van der Waals surface area contributed by atoms with Crippen LogP contribution in [0, 0.1) is 0 Å². The van der Waals surface area contributed by atoms with Gasteiger partial charge in [-0.3, -0.25) is 14.4 Å². The third kappa shape index (κ3) is 3.98. The number of halogens is 1. The number of carbonyl (C=O) groups is 2. The number of piperazine rings is 1. The summed E-state index contributed by atoms with van der Waals surface area (Å²) in [6.45, 7) is 1.97. The molecule has 4 aromatic rings. The van der Waals surface area contributed by atoms with Crippen molar-refractivity contribution in [1.82, 2.24) is 14.4 Å². The molecular formula is C26H22ClN3O3. The Morgan fingerprint density at radius 3 is 1.94 bits per heavy atom. The summed E-state index contributed by atoms with van der Waals surface area (Å²) in [5.74, 6) is -0.120. The average molecular weight is 460 g/mol. The highest BCUT2D eigenvalue weighted by molar-refractivity contribution is 6.30. The molecular weight excluding hydrogens is 438 g/mol. The fraction of sp³-hybridized carbons (Fsp3) is 0.192. The number of pyridine rings is 1. The van der Waals surface area contributed by atoms with E-state index in [1.807, 2.05) is 41.0 Å². The van der Waals surface area contributed by atoms with Crippen LogP contribution in [0.5, 0.6) is 0 Å². The second kappa shape index (κ2) is 8.71. The fourth-order valence-electron chi connectivity index (χ4n) is 4.45. The van der Waals surface area contributed by atoms with E-state index in [0.717, 1.165) is 11.0 Å². The molecule has 2 heterocycles. The van der Waals surface area contributed by atoms with Gasteiger partial charge in [0.05, 0.1) is 11.0 Å². The summed E-state index contributed by atoms with van der Waals surface area (Å²) >= 11 is 6.02. The Kier molecular flexibility index (Phi) is 5.60. The molecule has 0 unspecified atom stereocenters. The fourth-order valence-corrected chi connectivity index (χ4v) is 4.64. The second-order valence-electron chi connectivity index (χ2n) is 8.13.